The van der Waals surface area contributed by atoms with Crippen molar-refractivity contribution in [1.29, 1.82) is 0 Å². The van der Waals surface area contributed by atoms with Crippen LogP contribution in [0.15, 0.2) is 42.9 Å². The number of hydrogen-bond donors (Lipinski definition) is 3. The fraction of sp³-hybridized carbons (Fsp3) is 0.500. The maximum Gasteiger partial charge on any atom is 0.257 e. The molecule has 2 aromatic heterocycles. The van der Waals surface area contributed by atoms with Gasteiger partial charge in [-0.1, -0.05) is 25.0 Å². The monoisotopic (exact) mass is 508 g/mol. The molecule has 1 fully saturated rings. The summed E-state index contributed by atoms with van der Waals surface area (Å²) in [4.78, 5) is 38.7. The highest BCUT2D eigenvalue weighted by molar-refractivity contribution is 5.86. The van der Waals surface area contributed by atoms with E-state index in [1.165, 1.54) is 0 Å². The van der Waals surface area contributed by atoms with Gasteiger partial charge in [-0.3, -0.25) is 14.6 Å². The second-order valence-electron chi connectivity index (χ2n) is 10.1. The largest absolute Gasteiger partial charge is 0.359 e. The zero-order valence-electron chi connectivity index (χ0n) is 21.7. The molecule has 0 radical (unpaired) electrons. The quantitative estimate of drug-likeness (QED) is 0.340. The normalized spacial score (nSPS) is 16.4. The first kappa shape index (κ1) is 26.7. The summed E-state index contributed by atoms with van der Waals surface area (Å²) in [6.07, 6.45) is 9.67. The molecule has 1 saturated heterocycles. The summed E-state index contributed by atoms with van der Waals surface area (Å²) in [7, 11) is 3.59. The van der Waals surface area contributed by atoms with Crippen molar-refractivity contribution in [3.63, 3.8) is 0 Å². The van der Waals surface area contributed by atoms with Crippen molar-refractivity contribution in [2.45, 2.75) is 56.5 Å². The number of aromatic nitrogens is 3. The van der Waals surface area contributed by atoms with E-state index in [-0.39, 0.29) is 24.7 Å². The molecular formula is C28H37FN6O2. The number of pyridine rings is 1. The molecule has 0 bridgehead atoms. The molecular weight excluding hydrogens is 471 g/mol. The molecule has 2 amide bonds. The number of benzene rings is 1. The van der Waals surface area contributed by atoms with Gasteiger partial charge in [0.15, 0.2) is 5.67 Å². The van der Waals surface area contributed by atoms with Crippen LogP contribution in [0.25, 0.3) is 22.0 Å². The van der Waals surface area contributed by atoms with Crippen LogP contribution in [0.1, 0.15) is 56.7 Å². The van der Waals surface area contributed by atoms with Gasteiger partial charge in [-0.25, -0.2) is 9.37 Å². The summed E-state index contributed by atoms with van der Waals surface area (Å²) in [5.41, 5.74) is 0.0634. The van der Waals surface area contributed by atoms with E-state index in [4.69, 9.17) is 0 Å². The van der Waals surface area contributed by atoms with Gasteiger partial charge in [-0.05, 0) is 37.4 Å². The summed E-state index contributed by atoms with van der Waals surface area (Å²) in [6.45, 7) is 1.45. The molecule has 0 saturated carbocycles. The topological polar surface area (TPSA) is 103 Å². The van der Waals surface area contributed by atoms with Crippen LogP contribution in [0.3, 0.4) is 0 Å². The first-order valence-electron chi connectivity index (χ1n) is 13.1. The Labute approximate surface area is 217 Å². The van der Waals surface area contributed by atoms with Crippen molar-refractivity contribution in [2.75, 3.05) is 33.7 Å². The fourth-order valence-corrected chi connectivity index (χ4v) is 4.83. The van der Waals surface area contributed by atoms with Crippen LogP contribution < -0.4 is 10.6 Å². The van der Waals surface area contributed by atoms with Gasteiger partial charge in [0.25, 0.3) is 5.91 Å². The highest BCUT2D eigenvalue weighted by atomic mass is 19.1. The van der Waals surface area contributed by atoms with Gasteiger partial charge in [0.2, 0.25) is 5.91 Å². The van der Waals surface area contributed by atoms with Crippen LogP contribution in [0.2, 0.25) is 0 Å². The van der Waals surface area contributed by atoms with E-state index in [1.807, 2.05) is 30.3 Å². The van der Waals surface area contributed by atoms with E-state index in [2.05, 4.69) is 37.7 Å². The standard InChI is InChI=1S/C28H37FN6O2/c1-30-25(36)7-5-3-4-6-22(18-33-27(37)28(29)11-14-35(2)15-12-28)26-32-19-24(34-26)21-9-8-20-10-13-31-17-23(20)16-21/h8-10,13,16-17,19,22H,3-7,11-12,14-15,18H2,1-2H3,(H,30,36)(H,32,34)(H,33,37). The minimum absolute atomic E-state index is 0.0384. The third-order valence-electron chi connectivity index (χ3n) is 7.36. The Morgan fingerprint density at radius 2 is 1.95 bits per heavy atom. The van der Waals surface area contributed by atoms with Gasteiger partial charge >= 0.3 is 0 Å². The Morgan fingerprint density at radius 1 is 1.14 bits per heavy atom. The average molecular weight is 509 g/mol. The maximum absolute atomic E-state index is 15.3. The number of aromatic amines is 1. The van der Waals surface area contributed by atoms with Crippen molar-refractivity contribution in [3.8, 4) is 11.3 Å². The van der Waals surface area contributed by atoms with Gasteiger partial charge in [0.05, 0.1) is 11.9 Å². The highest BCUT2D eigenvalue weighted by Crippen LogP contribution is 2.28. The lowest BCUT2D eigenvalue weighted by Gasteiger charge is -2.33. The minimum atomic E-state index is -1.82. The number of amides is 2. The molecule has 9 heteroatoms. The molecule has 1 aliphatic rings. The first-order chi connectivity index (χ1) is 17.9. The third-order valence-corrected chi connectivity index (χ3v) is 7.36. The molecule has 1 unspecified atom stereocenters. The smallest absolute Gasteiger partial charge is 0.257 e. The van der Waals surface area contributed by atoms with Crippen molar-refractivity contribution in [3.05, 3.63) is 48.7 Å². The number of fused-ring (bicyclic) bond motifs is 1. The summed E-state index contributed by atoms with van der Waals surface area (Å²) in [5, 5.41) is 7.69. The number of carbonyl (C=O) groups is 2. The van der Waals surface area contributed by atoms with Gasteiger partial charge in [0.1, 0.15) is 5.82 Å². The number of hydrogen-bond acceptors (Lipinski definition) is 5. The number of likely N-dealkylation sites (tertiary alicyclic amines) is 1. The molecule has 3 aromatic rings. The van der Waals surface area contributed by atoms with E-state index in [1.54, 1.807) is 19.4 Å². The van der Waals surface area contributed by atoms with E-state index in [0.717, 1.165) is 53.5 Å². The number of carbonyl (C=O) groups excluding carboxylic acids is 2. The summed E-state index contributed by atoms with van der Waals surface area (Å²) >= 11 is 0. The van der Waals surface area contributed by atoms with E-state index in [0.29, 0.717) is 26.1 Å². The lowest BCUT2D eigenvalue weighted by Crippen LogP contribution is -2.50. The second-order valence-corrected chi connectivity index (χ2v) is 10.1. The lowest BCUT2D eigenvalue weighted by atomic mass is 9.92. The second kappa shape index (κ2) is 12.3. The molecule has 1 aliphatic heterocycles. The molecule has 1 aromatic carbocycles. The van der Waals surface area contributed by atoms with Gasteiger partial charge in [-0.15, -0.1) is 0 Å². The third kappa shape index (κ3) is 6.91. The molecule has 1 atom stereocenters. The number of unbranched alkanes of at least 4 members (excludes halogenated alkanes) is 2. The van der Waals surface area contributed by atoms with Gasteiger partial charge in [0, 0.05) is 75.2 Å². The minimum Gasteiger partial charge on any atom is -0.359 e. The van der Waals surface area contributed by atoms with Crippen molar-refractivity contribution >= 4 is 22.6 Å². The highest BCUT2D eigenvalue weighted by Gasteiger charge is 2.41. The zero-order chi connectivity index (χ0) is 26.3. The fourth-order valence-electron chi connectivity index (χ4n) is 4.83. The van der Waals surface area contributed by atoms with Crippen LogP contribution in [-0.4, -0.2) is 71.1 Å². The van der Waals surface area contributed by atoms with E-state index >= 15 is 4.39 Å². The molecule has 198 valence electrons. The predicted octanol–water partition coefficient (Wildman–Crippen LogP) is 3.96. The summed E-state index contributed by atoms with van der Waals surface area (Å²) < 4.78 is 15.3. The predicted molar refractivity (Wildman–Crippen MR) is 143 cm³/mol. The van der Waals surface area contributed by atoms with Crippen molar-refractivity contribution in [2.24, 2.45) is 0 Å². The van der Waals surface area contributed by atoms with Gasteiger partial charge in [-0.2, -0.15) is 0 Å². The molecule has 0 spiro atoms. The van der Waals surface area contributed by atoms with Crippen LogP contribution >= 0.6 is 0 Å². The summed E-state index contributed by atoms with van der Waals surface area (Å²) in [6, 6.07) is 8.14. The Bertz CT molecular complexity index is 1200. The molecule has 0 aliphatic carbocycles. The number of nitrogens with zero attached hydrogens (tertiary/aromatic N) is 3. The number of rotatable bonds is 11. The first-order valence-corrected chi connectivity index (χ1v) is 13.1. The molecule has 3 heterocycles. The molecule has 3 N–H and O–H groups in total. The van der Waals surface area contributed by atoms with Crippen LogP contribution in [0.4, 0.5) is 4.39 Å². The number of imidazole rings is 1. The van der Waals surface area contributed by atoms with Crippen molar-refractivity contribution in [1.82, 2.24) is 30.5 Å². The molecule has 8 nitrogen and oxygen atoms in total. The number of halogens is 1. The average Bonchev–Trinajstić information content (AvgIpc) is 3.41. The molecule has 4 rings (SSSR count). The maximum atomic E-state index is 15.3. The zero-order valence-corrected chi connectivity index (χ0v) is 21.7. The van der Waals surface area contributed by atoms with Crippen LogP contribution in [0, 0.1) is 0 Å². The Morgan fingerprint density at radius 3 is 2.73 bits per heavy atom. The van der Waals surface area contributed by atoms with Crippen molar-refractivity contribution < 1.29 is 14.0 Å². The van der Waals surface area contributed by atoms with Crippen LogP contribution in [0.5, 0.6) is 0 Å². The number of H-pyrrole nitrogens is 1. The Kier molecular flexibility index (Phi) is 8.87. The number of alkyl halides is 1. The van der Waals surface area contributed by atoms with E-state index in [9.17, 15) is 9.59 Å². The van der Waals surface area contributed by atoms with Gasteiger partial charge < -0.3 is 20.5 Å². The summed E-state index contributed by atoms with van der Waals surface area (Å²) in [5.74, 6) is 0.189. The Hall–Kier alpha value is -3.33. The SMILES string of the molecule is CNC(=O)CCCCCC(CNC(=O)C1(F)CCN(C)CC1)c1ncc(-c2ccc3ccncc3c2)[nH]1. The Balaban J connectivity index is 1.44. The van der Waals surface area contributed by atoms with Crippen LogP contribution in [-0.2, 0) is 9.59 Å². The molecule has 37 heavy (non-hydrogen) atoms. The number of piperidine rings is 1. The van der Waals surface area contributed by atoms with E-state index < -0.39 is 11.6 Å². The lowest BCUT2D eigenvalue weighted by molar-refractivity contribution is -0.136. The number of nitrogens with one attached hydrogen (secondary N) is 3.